The number of hydrogen-bond donors (Lipinski definition) is 1. The number of thioether (sulfide) groups is 1. The van der Waals surface area contributed by atoms with Gasteiger partial charge in [-0.2, -0.15) is 11.8 Å². The molecule has 126 valence electrons. The first-order valence-electron chi connectivity index (χ1n) is 7.68. The van der Waals surface area contributed by atoms with Crippen LogP contribution in [-0.4, -0.2) is 61.0 Å². The van der Waals surface area contributed by atoms with Crippen molar-refractivity contribution in [2.75, 3.05) is 18.1 Å². The van der Waals surface area contributed by atoms with Crippen LogP contribution in [0.3, 0.4) is 0 Å². The van der Waals surface area contributed by atoms with Gasteiger partial charge in [0.25, 0.3) is 0 Å². The largest absolute Gasteiger partial charge is 0.481 e. The Balaban J connectivity index is 1.68. The normalized spacial score (nSPS) is 17.7. The molecule has 2 aromatic rings. The molecule has 8 heteroatoms. The lowest BCUT2D eigenvalue weighted by atomic mass is 10.2. The third kappa shape index (κ3) is 3.94. The average Bonchev–Trinajstić information content (AvgIpc) is 3.04. The fraction of sp³-hybridized carbons (Fsp3) is 0.375. The Morgan fingerprint density at radius 3 is 2.83 bits per heavy atom. The molecule has 1 aliphatic rings. The topological polar surface area (TPSA) is 88.3 Å². The van der Waals surface area contributed by atoms with Gasteiger partial charge >= 0.3 is 5.97 Å². The third-order valence-corrected chi connectivity index (χ3v) is 4.96. The lowest BCUT2D eigenvalue weighted by Gasteiger charge is -2.34. The quantitative estimate of drug-likeness (QED) is 0.879. The van der Waals surface area contributed by atoms with E-state index in [0.29, 0.717) is 18.0 Å². The molecule has 1 aliphatic heterocycles. The van der Waals surface area contributed by atoms with E-state index >= 15 is 0 Å². The van der Waals surface area contributed by atoms with E-state index in [1.807, 2.05) is 30.3 Å². The number of carbonyl (C=O) groups excluding carboxylic acids is 1. The Morgan fingerprint density at radius 1 is 1.29 bits per heavy atom. The molecule has 7 nitrogen and oxygen atoms in total. The van der Waals surface area contributed by atoms with Gasteiger partial charge in [0, 0.05) is 23.6 Å². The lowest BCUT2D eigenvalue weighted by molar-refractivity contribution is -0.140. The van der Waals surface area contributed by atoms with E-state index in [1.54, 1.807) is 22.9 Å². The highest BCUT2D eigenvalue weighted by molar-refractivity contribution is 7.99. The zero-order valence-electron chi connectivity index (χ0n) is 13.0. The standard InChI is InChI=1S/C16H18N4O3S/c21-15(20-6-7-24-11-13(20)8-16(22)23)10-19-9-14(17-18-19)12-4-2-1-3-5-12/h1-5,9,13H,6-8,10-11H2,(H,22,23). The molecule has 0 radical (unpaired) electrons. The van der Waals surface area contributed by atoms with Crippen molar-refractivity contribution >= 4 is 23.6 Å². The van der Waals surface area contributed by atoms with Gasteiger partial charge in [0.2, 0.25) is 5.91 Å². The van der Waals surface area contributed by atoms with E-state index < -0.39 is 5.97 Å². The highest BCUT2D eigenvalue weighted by Crippen LogP contribution is 2.20. The molecule has 1 saturated heterocycles. The Bertz CT molecular complexity index is 719. The van der Waals surface area contributed by atoms with Crippen LogP contribution in [-0.2, 0) is 16.1 Å². The van der Waals surface area contributed by atoms with Gasteiger partial charge in [-0.25, -0.2) is 4.68 Å². The number of aromatic nitrogens is 3. The molecule has 1 aromatic heterocycles. The summed E-state index contributed by atoms with van der Waals surface area (Å²) in [4.78, 5) is 25.2. The summed E-state index contributed by atoms with van der Waals surface area (Å²) in [5.74, 6) is 0.484. The molecule has 0 bridgehead atoms. The summed E-state index contributed by atoms with van der Waals surface area (Å²) in [5.41, 5.74) is 1.65. The van der Waals surface area contributed by atoms with Crippen LogP contribution < -0.4 is 0 Å². The second-order valence-electron chi connectivity index (χ2n) is 5.58. The van der Waals surface area contributed by atoms with E-state index in [9.17, 15) is 9.59 Å². The molecule has 0 aliphatic carbocycles. The molecule has 3 rings (SSSR count). The maximum absolute atomic E-state index is 12.5. The van der Waals surface area contributed by atoms with Crippen molar-refractivity contribution in [3.8, 4) is 11.3 Å². The molecule has 0 saturated carbocycles. The maximum Gasteiger partial charge on any atom is 0.305 e. The smallest absolute Gasteiger partial charge is 0.305 e. The summed E-state index contributed by atoms with van der Waals surface area (Å²) in [6.45, 7) is 0.641. The predicted molar refractivity (Wildman–Crippen MR) is 90.5 cm³/mol. The van der Waals surface area contributed by atoms with E-state index in [0.717, 1.165) is 11.3 Å². The number of amides is 1. The first-order chi connectivity index (χ1) is 11.6. The van der Waals surface area contributed by atoms with E-state index in [-0.39, 0.29) is 24.9 Å². The van der Waals surface area contributed by atoms with E-state index in [2.05, 4.69) is 10.3 Å². The molecular formula is C16H18N4O3S. The number of carboxylic acids is 1. The van der Waals surface area contributed by atoms with Crippen molar-refractivity contribution < 1.29 is 14.7 Å². The van der Waals surface area contributed by atoms with Crippen molar-refractivity contribution in [3.05, 3.63) is 36.5 Å². The number of aliphatic carboxylic acids is 1. The van der Waals surface area contributed by atoms with E-state index in [4.69, 9.17) is 5.11 Å². The van der Waals surface area contributed by atoms with Crippen LogP contribution >= 0.6 is 11.8 Å². The lowest BCUT2D eigenvalue weighted by Crippen LogP contribution is -2.48. The minimum absolute atomic E-state index is 0.0225. The summed E-state index contributed by atoms with van der Waals surface area (Å²) < 4.78 is 1.50. The number of carbonyl (C=O) groups is 2. The van der Waals surface area contributed by atoms with Gasteiger partial charge in [-0.3, -0.25) is 9.59 Å². The van der Waals surface area contributed by atoms with Crippen LogP contribution in [0.2, 0.25) is 0 Å². The van der Waals surface area contributed by atoms with Crippen molar-refractivity contribution in [1.29, 1.82) is 0 Å². The highest BCUT2D eigenvalue weighted by atomic mass is 32.2. The second kappa shape index (κ2) is 7.48. The Labute approximate surface area is 143 Å². The van der Waals surface area contributed by atoms with Crippen LogP contribution in [0.1, 0.15) is 6.42 Å². The average molecular weight is 346 g/mol. The third-order valence-electron chi connectivity index (χ3n) is 3.86. The number of hydrogen-bond acceptors (Lipinski definition) is 5. The molecule has 1 aromatic carbocycles. The summed E-state index contributed by atoms with van der Waals surface area (Å²) in [7, 11) is 0. The number of benzene rings is 1. The molecule has 1 fully saturated rings. The summed E-state index contributed by atoms with van der Waals surface area (Å²) in [5, 5.41) is 17.1. The van der Waals surface area contributed by atoms with Gasteiger partial charge in [0.05, 0.1) is 18.7 Å². The Morgan fingerprint density at radius 2 is 2.08 bits per heavy atom. The maximum atomic E-state index is 12.5. The van der Waals surface area contributed by atoms with Crippen LogP contribution in [0.4, 0.5) is 0 Å². The fourth-order valence-electron chi connectivity index (χ4n) is 2.70. The molecule has 1 amide bonds. The van der Waals surface area contributed by atoms with Gasteiger partial charge in [-0.1, -0.05) is 35.5 Å². The van der Waals surface area contributed by atoms with Crippen LogP contribution in [0.5, 0.6) is 0 Å². The molecule has 2 heterocycles. The Kier molecular flexibility index (Phi) is 5.14. The van der Waals surface area contributed by atoms with Gasteiger partial charge in [0.15, 0.2) is 0 Å². The first kappa shape index (κ1) is 16.5. The zero-order chi connectivity index (χ0) is 16.9. The fourth-order valence-corrected chi connectivity index (χ4v) is 3.76. The SMILES string of the molecule is O=C(O)CC1CSCCN1C(=O)Cn1cc(-c2ccccc2)nn1. The summed E-state index contributed by atoms with van der Waals surface area (Å²) >= 11 is 1.68. The highest BCUT2D eigenvalue weighted by Gasteiger charge is 2.29. The monoisotopic (exact) mass is 346 g/mol. The van der Waals surface area contributed by atoms with Crippen molar-refractivity contribution in [2.24, 2.45) is 0 Å². The Hall–Kier alpha value is -2.35. The van der Waals surface area contributed by atoms with Gasteiger partial charge in [-0.15, -0.1) is 5.10 Å². The van der Waals surface area contributed by atoms with Crippen molar-refractivity contribution in [3.63, 3.8) is 0 Å². The molecule has 24 heavy (non-hydrogen) atoms. The first-order valence-corrected chi connectivity index (χ1v) is 8.83. The van der Waals surface area contributed by atoms with Gasteiger partial charge in [-0.05, 0) is 0 Å². The zero-order valence-corrected chi connectivity index (χ0v) is 13.9. The van der Waals surface area contributed by atoms with Crippen LogP contribution in [0.15, 0.2) is 36.5 Å². The number of carboxylic acid groups (broad SMARTS) is 1. The summed E-state index contributed by atoms with van der Waals surface area (Å²) in [6, 6.07) is 9.37. The van der Waals surface area contributed by atoms with E-state index in [1.165, 1.54) is 4.68 Å². The van der Waals surface area contributed by atoms with Crippen LogP contribution in [0.25, 0.3) is 11.3 Å². The van der Waals surface area contributed by atoms with Crippen molar-refractivity contribution in [2.45, 2.75) is 19.0 Å². The number of nitrogens with zero attached hydrogens (tertiary/aromatic N) is 4. The van der Waals surface area contributed by atoms with Crippen molar-refractivity contribution in [1.82, 2.24) is 19.9 Å². The minimum atomic E-state index is -0.882. The molecule has 0 spiro atoms. The van der Waals surface area contributed by atoms with Crippen LogP contribution in [0, 0.1) is 0 Å². The summed E-state index contributed by atoms with van der Waals surface area (Å²) in [6.07, 6.45) is 1.71. The molecular weight excluding hydrogens is 328 g/mol. The predicted octanol–water partition coefficient (Wildman–Crippen LogP) is 1.36. The van der Waals surface area contributed by atoms with Gasteiger partial charge < -0.3 is 10.0 Å². The molecule has 1 atom stereocenters. The molecule has 1 N–H and O–H groups in total. The molecule has 1 unspecified atom stereocenters. The second-order valence-corrected chi connectivity index (χ2v) is 6.73. The number of rotatable bonds is 5. The minimum Gasteiger partial charge on any atom is -0.481 e. The van der Waals surface area contributed by atoms with Gasteiger partial charge in [0.1, 0.15) is 12.2 Å².